The summed E-state index contributed by atoms with van der Waals surface area (Å²) in [6.07, 6.45) is 7.38. The number of hydrogen-bond donors (Lipinski definition) is 0. The first-order chi connectivity index (χ1) is 13.2. The number of anilines is 1. The lowest BCUT2D eigenvalue weighted by Gasteiger charge is -2.34. The number of carbonyl (C=O) groups is 1. The van der Waals surface area contributed by atoms with Crippen LogP contribution < -0.4 is 4.90 Å². The number of hydrogen-bond acceptors (Lipinski definition) is 7. The van der Waals surface area contributed by atoms with Crippen molar-refractivity contribution in [2.45, 2.75) is 32.7 Å². The number of aryl methyl sites for hydroxylation is 1. The Balaban J connectivity index is 1.37. The number of carbonyl (C=O) groups excluding carboxylic acids is 1. The highest BCUT2D eigenvalue weighted by Crippen LogP contribution is 2.23. The number of nitrogens with zero attached hydrogens (tertiary/aromatic N) is 6. The van der Waals surface area contributed by atoms with Crippen LogP contribution in [0.25, 0.3) is 0 Å². The highest BCUT2D eigenvalue weighted by molar-refractivity contribution is 7.13. The average molecular weight is 387 g/mol. The summed E-state index contributed by atoms with van der Waals surface area (Å²) in [6.45, 7) is 8.01. The number of aromatic nitrogens is 3. The smallest absolute Gasteiger partial charge is 0.265 e. The molecule has 0 unspecified atom stereocenters. The molecule has 0 atom stereocenters. The summed E-state index contributed by atoms with van der Waals surface area (Å²) < 4.78 is 0. The summed E-state index contributed by atoms with van der Waals surface area (Å²) in [5.74, 6) is 0.853. The summed E-state index contributed by atoms with van der Waals surface area (Å²) in [4.78, 5) is 33.6. The zero-order chi connectivity index (χ0) is 18.6. The van der Waals surface area contributed by atoms with Gasteiger partial charge in [0.2, 0.25) is 5.95 Å². The minimum Gasteiger partial charge on any atom is -0.337 e. The molecule has 8 heteroatoms. The van der Waals surface area contributed by atoms with Gasteiger partial charge in [-0.1, -0.05) is 6.42 Å². The van der Waals surface area contributed by atoms with Gasteiger partial charge in [0.05, 0.1) is 12.2 Å². The standard InChI is InChI=1S/C19H26N6OS/c1-15-17(27-16(22-15)14-23-8-3-2-4-9-23)18(26)24-10-12-25(13-11-24)19-20-6-5-7-21-19/h5-7H,2-4,8-14H2,1H3. The molecule has 0 saturated carbocycles. The molecular formula is C19H26N6OS. The predicted octanol–water partition coefficient (Wildman–Crippen LogP) is 2.19. The van der Waals surface area contributed by atoms with Crippen LogP contribution >= 0.6 is 11.3 Å². The lowest BCUT2D eigenvalue weighted by atomic mass is 10.1. The van der Waals surface area contributed by atoms with E-state index in [-0.39, 0.29) is 5.91 Å². The van der Waals surface area contributed by atoms with Gasteiger partial charge in [0.1, 0.15) is 9.88 Å². The molecule has 4 rings (SSSR count). The van der Waals surface area contributed by atoms with Gasteiger partial charge < -0.3 is 9.80 Å². The van der Waals surface area contributed by atoms with Crippen molar-refractivity contribution in [1.82, 2.24) is 24.8 Å². The SMILES string of the molecule is Cc1nc(CN2CCCCC2)sc1C(=O)N1CCN(c2ncccn2)CC1. The first kappa shape index (κ1) is 18.3. The Labute approximate surface area is 164 Å². The molecule has 0 spiro atoms. The quantitative estimate of drug-likeness (QED) is 0.803. The van der Waals surface area contributed by atoms with Crippen LogP contribution in [-0.4, -0.2) is 69.9 Å². The molecular weight excluding hydrogens is 360 g/mol. The van der Waals surface area contributed by atoms with E-state index in [1.807, 2.05) is 17.9 Å². The Morgan fingerprint density at radius 1 is 1.04 bits per heavy atom. The maximum Gasteiger partial charge on any atom is 0.265 e. The maximum absolute atomic E-state index is 13.0. The van der Waals surface area contributed by atoms with Gasteiger partial charge in [-0.3, -0.25) is 9.69 Å². The zero-order valence-corrected chi connectivity index (χ0v) is 16.6. The molecule has 2 aromatic heterocycles. The lowest BCUT2D eigenvalue weighted by molar-refractivity contribution is 0.0750. The molecule has 0 aromatic carbocycles. The molecule has 2 fully saturated rings. The fraction of sp³-hybridized carbons (Fsp3) is 0.579. The highest BCUT2D eigenvalue weighted by Gasteiger charge is 2.26. The monoisotopic (exact) mass is 386 g/mol. The van der Waals surface area contributed by atoms with Gasteiger partial charge in [0.25, 0.3) is 5.91 Å². The molecule has 144 valence electrons. The molecule has 2 saturated heterocycles. The molecule has 0 aliphatic carbocycles. The van der Waals surface area contributed by atoms with E-state index in [0.717, 1.165) is 54.3 Å². The van der Waals surface area contributed by atoms with Crippen molar-refractivity contribution < 1.29 is 4.79 Å². The first-order valence-electron chi connectivity index (χ1n) is 9.70. The van der Waals surface area contributed by atoms with Gasteiger partial charge in [-0.05, 0) is 38.9 Å². The van der Waals surface area contributed by atoms with E-state index in [1.54, 1.807) is 23.7 Å². The topological polar surface area (TPSA) is 65.5 Å². The molecule has 27 heavy (non-hydrogen) atoms. The molecule has 0 radical (unpaired) electrons. The third-order valence-electron chi connectivity index (χ3n) is 5.24. The minimum absolute atomic E-state index is 0.114. The molecule has 2 aliphatic heterocycles. The van der Waals surface area contributed by atoms with E-state index in [2.05, 4.69) is 24.8 Å². The van der Waals surface area contributed by atoms with Crippen molar-refractivity contribution in [3.05, 3.63) is 34.0 Å². The summed E-state index contributed by atoms with van der Waals surface area (Å²) >= 11 is 1.57. The molecule has 7 nitrogen and oxygen atoms in total. The summed E-state index contributed by atoms with van der Waals surface area (Å²) in [6, 6.07) is 1.82. The van der Waals surface area contributed by atoms with E-state index in [9.17, 15) is 4.79 Å². The van der Waals surface area contributed by atoms with Crippen LogP contribution in [0.5, 0.6) is 0 Å². The first-order valence-corrected chi connectivity index (χ1v) is 10.5. The highest BCUT2D eigenvalue weighted by atomic mass is 32.1. The van der Waals surface area contributed by atoms with E-state index in [0.29, 0.717) is 13.1 Å². The van der Waals surface area contributed by atoms with Gasteiger partial charge >= 0.3 is 0 Å². The van der Waals surface area contributed by atoms with Crippen LogP contribution in [-0.2, 0) is 6.54 Å². The second-order valence-corrected chi connectivity index (χ2v) is 8.27. The molecule has 4 heterocycles. The lowest BCUT2D eigenvalue weighted by Crippen LogP contribution is -2.49. The predicted molar refractivity (Wildman–Crippen MR) is 106 cm³/mol. The van der Waals surface area contributed by atoms with Crippen molar-refractivity contribution in [1.29, 1.82) is 0 Å². The maximum atomic E-state index is 13.0. The number of thiazole rings is 1. The van der Waals surface area contributed by atoms with Crippen LogP contribution in [0.1, 0.15) is 39.6 Å². The van der Waals surface area contributed by atoms with Crippen LogP contribution in [0.4, 0.5) is 5.95 Å². The molecule has 1 amide bonds. The fourth-order valence-electron chi connectivity index (χ4n) is 3.73. The van der Waals surface area contributed by atoms with Crippen molar-refractivity contribution in [2.24, 2.45) is 0 Å². The Hall–Kier alpha value is -2.06. The van der Waals surface area contributed by atoms with Crippen molar-refractivity contribution in [3.8, 4) is 0 Å². The summed E-state index contributed by atoms with van der Waals surface area (Å²) in [5, 5.41) is 1.06. The Morgan fingerprint density at radius 3 is 2.44 bits per heavy atom. The van der Waals surface area contributed by atoms with Crippen LogP contribution in [0.3, 0.4) is 0 Å². The normalized spacial score (nSPS) is 18.7. The van der Waals surface area contributed by atoms with Crippen molar-refractivity contribution >= 4 is 23.2 Å². The summed E-state index contributed by atoms with van der Waals surface area (Å²) in [5.41, 5.74) is 0.867. The third kappa shape index (κ3) is 4.27. The van der Waals surface area contributed by atoms with Gasteiger partial charge in [-0.15, -0.1) is 11.3 Å². The number of piperazine rings is 1. The Kier molecular flexibility index (Phi) is 5.63. The van der Waals surface area contributed by atoms with E-state index in [1.165, 1.54) is 19.3 Å². The molecule has 2 aromatic rings. The largest absolute Gasteiger partial charge is 0.337 e. The fourth-order valence-corrected chi connectivity index (χ4v) is 4.81. The second kappa shape index (κ2) is 8.31. The third-order valence-corrected chi connectivity index (χ3v) is 6.37. The number of amides is 1. The number of rotatable bonds is 4. The van der Waals surface area contributed by atoms with Crippen LogP contribution in [0, 0.1) is 6.92 Å². The number of likely N-dealkylation sites (tertiary alicyclic amines) is 1. The van der Waals surface area contributed by atoms with Gasteiger partial charge in [0, 0.05) is 38.6 Å². The summed E-state index contributed by atoms with van der Waals surface area (Å²) in [7, 11) is 0. The van der Waals surface area contributed by atoms with Gasteiger partial charge in [0.15, 0.2) is 0 Å². The molecule has 2 aliphatic rings. The number of piperidine rings is 1. The molecule has 0 N–H and O–H groups in total. The van der Waals surface area contributed by atoms with Gasteiger partial charge in [-0.25, -0.2) is 15.0 Å². The minimum atomic E-state index is 0.114. The van der Waals surface area contributed by atoms with E-state index < -0.39 is 0 Å². The average Bonchev–Trinajstić information content (AvgIpc) is 3.09. The van der Waals surface area contributed by atoms with E-state index in [4.69, 9.17) is 0 Å². The van der Waals surface area contributed by atoms with Crippen LogP contribution in [0.2, 0.25) is 0 Å². The second-order valence-electron chi connectivity index (χ2n) is 7.19. The molecule has 0 bridgehead atoms. The van der Waals surface area contributed by atoms with Crippen molar-refractivity contribution in [2.75, 3.05) is 44.2 Å². The zero-order valence-electron chi connectivity index (χ0n) is 15.8. The Bertz CT molecular complexity index is 766. The Morgan fingerprint density at radius 2 is 1.74 bits per heavy atom. The van der Waals surface area contributed by atoms with Crippen LogP contribution in [0.15, 0.2) is 18.5 Å². The van der Waals surface area contributed by atoms with E-state index >= 15 is 0 Å². The van der Waals surface area contributed by atoms with Crippen molar-refractivity contribution in [3.63, 3.8) is 0 Å². The van der Waals surface area contributed by atoms with Gasteiger partial charge in [-0.2, -0.15) is 0 Å².